The molecule has 1 saturated carbocycles. The van der Waals surface area contributed by atoms with Gasteiger partial charge in [-0.25, -0.2) is 0 Å². The van der Waals surface area contributed by atoms with E-state index in [1.165, 1.54) is 4.90 Å². The third-order valence-electron chi connectivity index (χ3n) is 9.49. The smallest absolute Gasteiger partial charge is 0.255 e. The first-order valence-corrected chi connectivity index (χ1v) is 14.6. The molecule has 0 aromatic heterocycles. The van der Waals surface area contributed by atoms with Crippen molar-refractivity contribution in [2.24, 2.45) is 23.5 Å². The number of phenolic OH excluding ortho intramolecular Hbond substituents is 1. The van der Waals surface area contributed by atoms with Gasteiger partial charge in [0.2, 0.25) is 5.78 Å². The van der Waals surface area contributed by atoms with Gasteiger partial charge in [0.25, 0.3) is 5.91 Å². The van der Waals surface area contributed by atoms with E-state index >= 15 is 0 Å². The Hall–Kier alpha value is -3.41. The number of amides is 1. The number of carbonyl (C=O) groups excluding carboxylic acids is 3. The summed E-state index contributed by atoms with van der Waals surface area (Å²) in [6.45, 7) is 6.21. The van der Waals surface area contributed by atoms with Gasteiger partial charge in [-0.2, -0.15) is 0 Å². The fourth-order valence-electron chi connectivity index (χ4n) is 7.98. The van der Waals surface area contributed by atoms with Crippen LogP contribution in [0.15, 0.2) is 23.0 Å². The summed E-state index contributed by atoms with van der Waals surface area (Å²) in [6.07, 6.45) is 2.28. The Kier molecular flexibility index (Phi) is 7.44. The molecular weight excluding hydrogens is 540 g/mol. The van der Waals surface area contributed by atoms with Crippen molar-refractivity contribution in [3.63, 3.8) is 0 Å². The fourth-order valence-corrected chi connectivity index (χ4v) is 7.98. The van der Waals surface area contributed by atoms with Crippen molar-refractivity contribution in [2.45, 2.75) is 57.2 Å². The number of hydrogen-bond acceptors (Lipinski definition) is 10. The summed E-state index contributed by atoms with van der Waals surface area (Å²) in [5, 5.41) is 45.8. The first kappa shape index (κ1) is 30.1. The minimum Gasteiger partial charge on any atom is -0.508 e. The maximum atomic E-state index is 14.1. The minimum atomic E-state index is -2.65. The van der Waals surface area contributed by atoms with Crippen LogP contribution in [-0.2, 0) is 20.8 Å². The number of aromatic hydroxyl groups is 1. The third kappa shape index (κ3) is 4.24. The number of rotatable bonds is 6. The molecular formula is C31H42N4O7. The molecule has 1 aromatic carbocycles. The highest BCUT2D eigenvalue weighted by molar-refractivity contribution is 6.24. The molecule has 228 valence electrons. The Morgan fingerprint density at radius 1 is 1.17 bits per heavy atom. The lowest BCUT2D eigenvalue weighted by molar-refractivity contribution is -0.153. The van der Waals surface area contributed by atoms with E-state index in [-0.39, 0.29) is 35.8 Å². The van der Waals surface area contributed by atoms with E-state index in [2.05, 4.69) is 18.7 Å². The van der Waals surface area contributed by atoms with Crippen molar-refractivity contribution in [3.8, 4) is 5.75 Å². The van der Waals surface area contributed by atoms with Crippen molar-refractivity contribution in [2.75, 3.05) is 46.2 Å². The molecule has 0 bridgehead atoms. The van der Waals surface area contributed by atoms with Crippen LogP contribution in [0.1, 0.15) is 55.8 Å². The summed E-state index contributed by atoms with van der Waals surface area (Å²) in [7, 11) is 7.00. The molecule has 1 amide bonds. The summed E-state index contributed by atoms with van der Waals surface area (Å²) in [5.41, 5.74) is 4.43. The number of hydrogen-bond donors (Lipinski definition) is 5. The summed E-state index contributed by atoms with van der Waals surface area (Å²) >= 11 is 0. The fraction of sp³-hybridized carbons (Fsp3) is 0.581. The van der Waals surface area contributed by atoms with E-state index in [1.807, 2.05) is 19.0 Å². The quantitative estimate of drug-likeness (QED) is 0.312. The molecule has 1 aliphatic heterocycles. The minimum absolute atomic E-state index is 0.0620. The number of carbonyl (C=O) groups is 3. The summed E-state index contributed by atoms with van der Waals surface area (Å²) in [4.78, 5) is 45.5. The van der Waals surface area contributed by atoms with Crippen LogP contribution in [0.25, 0.3) is 5.76 Å². The molecule has 6 N–H and O–H groups in total. The highest BCUT2D eigenvalue weighted by atomic mass is 16.3. The zero-order valence-electron chi connectivity index (χ0n) is 25.1. The lowest BCUT2D eigenvalue weighted by Gasteiger charge is -2.50. The van der Waals surface area contributed by atoms with Crippen LogP contribution in [0.4, 0.5) is 5.69 Å². The number of fused-ring (bicyclic) bond motifs is 3. The molecule has 4 aliphatic rings. The topological polar surface area (TPSA) is 168 Å². The third-order valence-corrected chi connectivity index (χ3v) is 9.49. The lowest BCUT2D eigenvalue weighted by Crippen LogP contribution is -2.65. The van der Waals surface area contributed by atoms with Gasteiger partial charge in [-0.1, -0.05) is 13.8 Å². The van der Waals surface area contributed by atoms with E-state index < -0.39 is 58.0 Å². The number of anilines is 1. The number of benzene rings is 1. The van der Waals surface area contributed by atoms with Gasteiger partial charge in [-0.05, 0) is 75.4 Å². The molecule has 11 heteroatoms. The van der Waals surface area contributed by atoms with Crippen molar-refractivity contribution in [3.05, 3.63) is 39.7 Å². The van der Waals surface area contributed by atoms with Crippen LogP contribution in [0.3, 0.4) is 0 Å². The number of aliphatic hydroxyl groups excluding tert-OH is 2. The number of primary amides is 1. The Morgan fingerprint density at radius 3 is 2.40 bits per heavy atom. The molecule has 42 heavy (non-hydrogen) atoms. The Labute approximate surface area is 245 Å². The Morgan fingerprint density at radius 2 is 1.83 bits per heavy atom. The second-order valence-electron chi connectivity index (χ2n) is 13.1. The number of aliphatic hydroxyl groups is 3. The molecule has 3 aliphatic carbocycles. The van der Waals surface area contributed by atoms with Crippen LogP contribution in [-0.4, -0.2) is 101 Å². The normalized spacial score (nSPS) is 29.7. The predicted octanol–water partition coefficient (Wildman–Crippen LogP) is 1.82. The van der Waals surface area contributed by atoms with E-state index in [0.29, 0.717) is 11.5 Å². The zero-order chi connectivity index (χ0) is 31.0. The molecule has 1 unspecified atom stereocenters. The van der Waals surface area contributed by atoms with Crippen molar-refractivity contribution < 1.29 is 34.8 Å². The second kappa shape index (κ2) is 10.4. The van der Waals surface area contributed by atoms with Gasteiger partial charge < -0.3 is 31.1 Å². The first-order valence-electron chi connectivity index (χ1n) is 14.6. The maximum Gasteiger partial charge on any atom is 0.255 e. The summed E-state index contributed by atoms with van der Waals surface area (Å²) in [5.74, 6) is -6.00. The number of likely N-dealkylation sites (tertiary alicyclic amines) is 1. The second-order valence-corrected chi connectivity index (χ2v) is 13.1. The Balaban J connectivity index is 1.71. The molecule has 0 radical (unpaired) electrons. The number of nitrogens with zero attached hydrogens (tertiary/aromatic N) is 3. The van der Waals surface area contributed by atoms with Gasteiger partial charge in [0.15, 0.2) is 11.4 Å². The number of likely N-dealkylation sites (N-methyl/N-ethyl adjacent to an activating group) is 1. The van der Waals surface area contributed by atoms with Gasteiger partial charge >= 0.3 is 0 Å². The molecule has 1 saturated heterocycles. The van der Waals surface area contributed by atoms with Crippen LogP contribution < -0.4 is 10.6 Å². The first-order chi connectivity index (χ1) is 19.6. The average molecular weight is 583 g/mol. The molecule has 2 fully saturated rings. The van der Waals surface area contributed by atoms with Crippen molar-refractivity contribution >= 4 is 28.9 Å². The van der Waals surface area contributed by atoms with Gasteiger partial charge in [0.05, 0.1) is 11.6 Å². The summed E-state index contributed by atoms with van der Waals surface area (Å²) in [6, 6.07) is 0.636. The standard InChI is InChI=1S/C31H42N4O7/c1-14(2)13-35-9-7-8-19(35)16-12-20(36)22-17(24(16)33(3)4)10-15-11-18-25(34(5)6)27(38)23(30(32)41)29(40)31(18,42)28(39)21(15)26(22)37/h12,14-15,18-19,25,36-37,40,42H,7-11,13H2,1-6H3,(H2,32,41)/t15-,18-,19?,25-,31-/m0/s1. The molecule has 11 nitrogen and oxygen atoms in total. The number of phenols is 1. The van der Waals surface area contributed by atoms with Crippen LogP contribution >= 0.6 is 0 Å². The zero-order valence-corrected chi connectivity index (χ0v) is 25.1. The van der Waals surface area contributed by atoms with E-state index in [0.717, 1.165) is 37.2 Å². The van der Waals surface area contributed by atoms with Crippen molar-refractivity contribution in [1.29, 1.82) is 0 Å². The van der Waals surface area contributed by atoms with Crippen molar-refractivity contribution in [1.82, 2.24) is 9.80 Å². The molecule has 5 atom stereocenters. The molecule has 1 heterocycles. The monoisotopic (exact) mass is 582 g/mol. The maximum absolute atomic E-state index is 14.1. The SMILES string of the molecule is CC(C)CN1CCCC1c1cc(O)c2c(c1N(C)C)C[C@H]1C[C@H]3[C@H](N(C)C)C(=O)C(C(N)=O)=C(O)[C@@]3(O)C(=O)C1=C2O. The molecule has 5 rings (SSSR count). The molecule has 1 aromatic rings. The van der Waals surface area contributed by atoms with E-state index in [4.69, 9.17) is 5.73 Å². The largest absolute Gasteiger partial charge is 0.508 e. The number of nitrogens with two attached hydrogens (primary N) is 1. The lowest BCUT2D eigenvalue weighted by atomic mass is 9.57. The predicted molar refractivity (Wildman–Crippen MR) is 157 cm³/mol. The average Bonchev–Trinajstić information content (AvgIpc) is 3.32. The van der Waals surface area contributed by atoms with E-state index in [9.17, 15) is 34.8 Å². The number of ketones is 2. The highest BCUT2D eigenvalue weighted by Gasteiger charge is 2.64. The van der Waals surface area contributed by atoms with Crippen LogP contribution in [0, 0.1) is 17.8 Å². The van der Waals surface area contributed by atoms with Gasteiger partial charge in [0, 0.05) is 43.9 Å². The molecule has 0 spiro atoms. The van der Waals surface area contributed by atoms with Gasteiger partial charge in [-0.15, -0.1) is 0 Å². The van der Waals surface area contributed by atoms with Crippen LogP contribution in [0.2, 0.25) is 0 Å². The van der Waals surface area contributed by atoms with E-state index in [1.54, 1.807) is 20.2 Å². The number of Topliss-reactive ketones (excluding diaryl/α,β-unsaturated/α-hetero) is 2. The van der Waals surface area contributed by atoms with Gasteiger partial charge in [-0.3, -0.25) is 24.2 Å². The summed E-state index contributed by atoms with van der Waals surface area (Å²) < 4.78 is 0. The highest BCUT2D eigenvalue weighted by Crippen LogP contribution is 2.55. The van der Waals surface area contributed by atoms with Gasteiger partial charge in [0.1, 0.15) is 22.8 Å². The Bertz CT molecular complexity index is 1430. The van der Waals surface area contributed by atoms with Crippen LogP contribution in [0.5, 0.6) is 5.75 Å².